The van der Waals surface area contributed by atoms with Crippen molar-refractivity contribution in [2.24, 2.45) is 0 Å². The predicted molar refractivity (Wildman–Crippen MR) is 62.9 cm³/mol. The standard InChI is InChI=1S/C11H12N4O3/c1-17-9-3-7(2-8(12)4-9)11(16)13-5-10-14-6-18-15-10/h2-4,6H,5,12H2,1H3,(H,13,16). The van der Waals surface area contributed by atoms with Gasteiger partial charge in [-0.05, 0) is 12.1 Å². The monoisotopic (exact) mass is 248 g/mol. The Kier molecular flexibility index (Phi) is 3.42. The van der Waals surface area contributed by atoms with Crippen LogP contribution in [0.5, 0.6) is 5.75 Å². The van der Waals surface area contributed by atoms with Gasteiger partial charge in [0.05, 0.1) is 13.7 Å². The van der Waals surface area contributed by atoms with Crippen LogP contribution in [-0.2, 0) is 6.54 Å². The van der Waals surface area contributed by atoms with Crippen LogP contribution >= 0.6 is 0 Å². The molecule has 0 bridgehead atoms. The number of benzene rings is 1. The molecule has 0 radical (unpaired) electrons. The Bertz CT molecular complexity index is 539. The molecule has 0 aliphatic rings. The normalized spacial score (nSPS) is 10.1. The van der Waals surface area contributed by atoms with E-state index in [9.17, 15) is 4.79 Å². The maximum atomic E-state index is 11.9. The van der Waals surface area contributed by atoms with E-state index in [4.69, 9.17) is 10.5 Å². The van der Waals surface area contributed by atoms with E-state index in [1.807, 2.05) is 0 Å². The molecule has 7 heteroatoms. The van der Waals surface area contributed by atoms with Crippen LogP contribution in [0.15, 0.2) is 29.1 Å². The molecule has 0 atom stereocenters. The molecular weight excluding hydrogens is 236 g/mol. The Morgan fingerprint density at radius 3 is 3.00 bits per heavy atom. The zero-order valence-electron chi connectivity index (χ0n) is 9.71. The zero-order valence-corrected chi connectivity index (χ0v) is 9.71. The summed E-state index contributed by atoms with van der Waals surface area (Å²) in [6.07, 6.45) is 1.20. The van der Waals surface area contributed by atoms with Crippen LogP contribution in [0.4, 0.5) is 5.69 Å². The zero-order chi connectivity index (χ0) is 13.0. The van der Waals surface area contributed by atoms with Gasteiger partial charge in [-0.1, -0.05) is 5.16 Å². The molecule has 1 heterocycles. The molecule has 0 fully saturated rings. The maximum Gasteiger partial charge on any atom is 0.251 e. The van der Waals surface area contributed by atoms with Gasteiger partial charge >= 0.3 is 0 Å². The first kappa shape index (κ1) is 11.9. The first-order chi connectivity index (χ1) is 8.69. The van der Waals surface area contributed by atoms with E-state index < -0.39 is 0 Å². The number of anilines is 1. The van der Waals surface area contributed by atoms with Crippen molar-refractivity contribution in [3.8, 4) is 5.75 Å². The molecule has 0 spiro atoms. The minimum Gasteiger partial charge on any atom is -0.497 e. The quantitative estimate of drug-likeness (QED) is 0.767. The van der Waals surface area contributed by atoms with Crippen molar-refractivity contribution in [1.29, 1.82) is 0 Å². The van der Waals surface area contributed by atoms with Gasteiger partial charge in [-0.15, -0.1) is 0 Å². The molecule has 7 nitrogen and oxygen atoms in total. The Balaban J connectivity index is 2.06. The summed E-state index contributed by atoms with van der Waals surface area (Å²) in [5.74, 6) is 0.643. The van der Waals surface area contributed by atoms with E-state index in [0.717, 1.165) is 0 Å². The molecular formula is C11H12N4O3. The highest BCUT2D eigenvalue weighted by atomic mass is 16.5. The Morgan fingerprint density at radius 2 is 2.33 bits per heavy atom. The molecule has 0 saturated carbocycles. The van der Waals surface area contributed by atoms with Gasteiger partial charge in [-0.3, -0.25) is 4.79 Å². The first-order valence-corrected chi connectivity index (χ1v) is 5.17. The van der Waals surface area contributed by atoms with E-state index in [-0.39, 0.29) is 12.5 Å². The summed E-state index contributed by atoms with van der Waals surface area (Å²) in [5.41, 5.74) is 6.53. The van der Waals surface area contributed by atoms with Crippen LogP contribution in [0, 0.1) is 0 Å². The number of nitrogens with zero attached hydrogens (tertiary/aromatic N) is 2. The number of hydrogen-bond acceptors (Lipinski definition) is 6. The van der Waals surface area contributed by atoms with Gasteiger partial charge in [0.25, 0.3) is 5.91 Å². The molecule has 1 aromatic carbocycles. The van der Waals surface area contributed by atoms with E-state index >= 15 is 0 Å². The lowest BCUT2D eigenvalue weighted by Gasteiger charge is -2.06. The molecule has 3 N–H and O–H groups in total. The van der Waals surface area contributed by atoms with E-state index in [2.05, 4.69) is 20.0 Å². The lowest BCUT2D eigenvalue weighted by Crippen LogP contribution is -2.23. The van der Waals surface area contributed by atoms with Crippen molar-refractivity contribution in [3.05, 3.63) is 36.0 Å². The van der Waals surface area contributed by atoms with Gasteiger partial charge in [0.15, 0.2) is 5.82 Å². The number of amides is 1. The Morgan fingerprint density at radius 1 is 1.50 bits per heavy atom. The summed E-state index contributed by atoms with van der Waals surface area (Å²) in [7, 11) is 1.51. The van der Waals surface area contributed by atoms with Crippen molar-refractivity contribution in [1.82, 2.24) is 15.5 Å². The Labute approximate surface area is 103 Å². The predicted octanol–water partition coefficient (Wildman–Crippen LogP) is 0.590. The number of nitrogens with one attached hydrogen (secondary N) is 1. The number of carbonyl (C=O) groups is 1. The second-order valence-corrected chi connectivity index (χ2v) is 3.52. The van der Waals surface area contributed by atoms with Gasteiger partial charge < -0.3 is 20.3 Å². The fourth-order valence-corrected chi connectivity index (χ4v) is 1.40. The molecule has 0 unspecified atom stereocenters. The molecule has 2 rings (SSSR count). The fourth-order valence-electron chi connectivity index (χ4n) is 1.40. The van der Waals surface area contributed by atoms with Gasteiger partial charge in [0.2, 0.25) is 6.39 Å². The molecule has 0 aliphatic carbocycles. The number of methoxy groups -OCH3 is 1. The highest BCUT2D eigenvalue weighted by Gasteiger charge is 2.09. The van der Waals surface area contributed by atoms with Gasteiger partial charge in [-0.2, -0.15) is 4.98 Å². The summed E-state index contributed by atoms with van der Waals surface area (Å²) in [4.78, 5) is 15.6. The third-order valence-electron chi connectivity index (χ3n) is 2.24. The van der Waals surface area contributed by atoms with Crippen molar-refractivity contribution in [2.75, 3.05) is 12.8 Å². The number of carbonyl (C=O) groups excluding carboxylic acids is 1. The van der Waals surface area contributed by atoms with E-state index in [1.54, 1.807) is 18.2 Å². The molecule has 18 heavy (non-hydrogen) atoms. The third kappa shape index (κ3) is 2.76. The van der Waals surface area contributed by atoms with Gasteiger partial charge in [0, 0.05) is 17.3 Å². The number of hydrogen-bond donors (Lipinski definition) is 2. The average molecular weight is 248 g/mol. The number of ether oxygens (including phenoxy) is 1. The van der Waals surface area contributed by atoms with Crippen molar-refractivity contribution in [2.45, 2.75) is 6.54 Å². The first-order valence-electron chi connectivity index (χ1n) is 5.17. The summed E-state index contributed by atoms with van der Waals surface area (Å²) in [6.45, 7) is 0.187. The smallest absolute Gasteiger partial charge is 0.251 e. The lowest BCUT2D eigenvalue weighted by molar-refractivity contribution is 0.0949. The molecule has 0 aliphatic heterocycles. The number of nitrogens with two attached hydrogens (primary N) is 1. The van der Waals surface area contributed by atoms with Crippen LogP contribution < -0.4 is 15.8 Å². The number of aromatic nitrogens is 2. The van der Waals surface area contributed by atoms with Crippen molar-refractivity contribution in [3.63, 3.8) is 0 Å². The minimum absolute atomic E-state index is 0.187. The lowest BCUT2D eigenvalue weighted by atomic mass is 10.1. The highest BCUT2D eigenvalue weighted by molar-refractivity contribution is 5.95. The molecule has 1 aromatic heterocycles. The average Bonchev–Trinajstić information content (AvgIpc) is 2.88. The summed E-state index contributed by atoms with van der Waals surface area (Å²) in [6, 6.07) is 4.80. The largest absolute Gasteiger partial charge is 0.497 e. The summed E-state index contributed by atoms with van der Waals surface area (Å²) < 4.78 is 9.59. The van der Waals surface area contributed by atoms with Crippen molar-refractivity contribution < 1.29 is 14.1 Å². The minimum atomic E-state index is -0.287. The molecule has 0 saturated heterocycles. The molecule has 2 aromatic rings. The van der Waals surface area contributed by atoms with Gasteiger partial charge in [-0.25, -0.2) is 0 Å². The Hall–Kier alpha value is -2.57. The SMILES string of the molecule is COc1cc(N)cc(C(=O)NCc2ncon2)c1. The van der Waals surface area contributed by atoms with Crippen LogP contribution in [0.2, 0.25) is 0 Å². The van der Waals surface area contributed by atoms with Crippen LogP contribution in [-0.4, -0.2) is 23.2 Å². The third-order valence-corrected chi connectivity index (χ3v) is 2.24. The van der Waals surface area contributed by atoms with E-state index in [0.29, 0.717) is 22.8 Å². The molecule has 1 amide bonds. The van der Waals surface area contributed by atoms with Gasteiger partial charge in [0.1, 0.15) is 5.75 Å². The topological polar surface area (TPSA) is 103 Å². The number of nitrogen functional groups attached to an aromatic ring is 1. The maximum absolute atomic E-state index is 11.9. The number of rotatable bonds is 4. The highest BCUT2D eigenvalue weighted by Crippen LogP contribution is 2.18. The second-order valence-electron chi connectivity index (χ2n) is 3.52. The molecule has 94 valence electrons. The van der Waals surface area contributed by atoms with Crippen LogP contribution in [0.3, 0.4) is 0 Å². The summed E-state index contributed by atoms with van der Waals surface area (Å²) >= 11 is 0. The van der Waals surface area contributed by atoms with E-state index in [1.165, 1.54) is 13.5 Å². The second kappa shape index (κ2) is 5.17. The van der Waals surface area contributed by atoms with Crippen LogP contribution in [0.1, 0.15) is 16.2 Å². The summed E-state index contributed by atoms with van der Waals surface area (Å²) in [5, 5.41) is 6.23. The van der Waals surface area contributed by atoms with Crippen LogP contribution in [0.25, 0.3) is 0 Å². The van der Waals surface area contributed by atoms with Crippen molar-refractivity contribution >= 4 is 11.6 Å². The fraction of sp³-hybridized carbons (Fsp3) is 0.182.